The molecule has 1 unspecified atom stereocenters. The van der Waals surface area contributed by atoms with Crippen molar-refractivity contribution in [3.8, 4) is 0 Å². The monoisotopic (exact) mass is 244 g/mol. The molecular weight excluding hydrogens is 220 g/mol. The molecule has 1 aliphatic heterocycles. The van der Waals surface area contributed by atoms with Crippen LogP contribution in [-0.2, 0) is 6.54 Å². The second kappa shape index (κ2) is 5.66. The van der Waals surface area contributed by atoms with E-state index in [-0.39, 0.29) is 0 Å². The van der Waals surface area contributed by atoms with E-state index in [1.165, 1.54) is 24.9 Å². The first-order valence-corrected chi connectivity index (χ1v) is 6.83. The Hall–Kier alpha value is -1.15. The highest BCUT2D eigenvalue weighted by Gasteiger charge is 2.37. The molecule has 1 aromatic rings. The maximum atomic E-state index is 3.99. The molecule has 2 heteroatoms. The van der Waals surface area contributed by atoms with Gasteiger partial charge in [-0.05, 0) is 44.9 Å². The summed E-state index contributed by atoms with van der Waals surface area (Å²) in [6, 6.07) is 10.8. The van der Waals surface area contributed by atoms with Crippen molar-refractivity contribution in [3.63, 3.8) is 0 Å². The minimum Gasteiger partial charge on any atom is -0.301 e. The summed E-state index contributed by atoms with van der Waals surface area (Å²) < 4.78 is 0. The smallest absolute Gasteiger partial charge is 0.0385 e. The lowest BCUT2D eigenvalue weighted by Crippen LogP contribution is -2.37. The molecule has 0 aliphatic carbocycles. The van der Waals surface area contributed by atoms with E-state index in [0.29, 0.717) is 5.54 Å². The van der Waals surface area contributed by atoms with Crippen LogP contribution in [0.1, 0.15) is 32.3 Å². The molecule has 98 valence electrons. The van der Waals surface area contributed by atoms with Gasteiger partial charge in [0.2, 0.25) is 0 Å². The van der Waals surface area contributed by atoms with Crippen molar-refractivity contribution in [3.05, 3.63) is 35.9 Å². The zero-order valence-electron chi connectivity index (χ0n) is 11.6. The van der Waals surface area contributed by atoms with Crippen LogP contribution >= 0.6 is 0 Å². The third kappa shape index (κ3) is 3.20. The van der Waals surface area contributed by atoms with E-state index < -0.39 is 0 Å². The molecule has 0 spiro atoms. The lowest BCUT2D eigenvalue weighted by Gasteiger charge is -2.31. The first-order chi connectivity index (χ1) is 8.62. The molecule has 2 nitrogen and oxygen atoms in total. The summed E-state index contributed by atoms with van der Waals surface area (Å²) in [4.78, 5) is 6.59. The molecular formula is C16H24N2. The molecule has 0 saturated carbocycles. The highest BCUT2D eigenvalue weighted by molar-refractivity contribution is 5.23. The molecule has 0 aromatic heterocycles. The van der Waals surface area contributed by atoms with Crippen molar-refractivity contribution >= 4 is 6.72 Å². The van der Waals surface area contributed by atoms with E-state index in [0.717, 1.165) is 19.0 Å². The van der Waals surface area contributed by atoms with E-state index in [2.05, 4.69) is 60.8 Å². The van der Waals surface area contributed by atoms with E-state index in [1.807, 2.05) is 0 Å². The zero-order chi connectivity index (χ0) is 13.0. The van der Waals surface area contributed by atoms with Crippen LogP contribution < -0.4 is 0 Å². The second-order valence-corrected chi connectivity index (χ2v) is 5.98. The van der Waals surface area contributed by atoms with Crippen LogP contribution in [0.15, 0.2) is 35.3 Å². The molecule has 1 heterocycles. The Morgan fingerprint density at radius 2 is 2.06 bits per heavy atom. The minimum atomic E-state index is 0.307. The number of benzene rings is 1. The Bertz CT molecular complexity index is 383. The van der Waals surface area contributed by atoms with Crippen molar-refractivity contribution in [2.24, 2.45) is 10.9 Å². The Morgan fingerprint density at radius 3 is 2.72 bits per heavy atom. The summed E-state index contributed by atoms with van der Waals surface area (Å²) in [5.74, 6) is 0.772. The topological polar surface area (TPSA) is 15.6 Å². The number of hydrogen-bond donors (Lipinski definition) is 0. The van der Waals surface area contributed by atoms with Gasteiger partial charge in [-0.15, -0.1) is 0 Å². The Kier molecular flexibility index (Phi) is 4.18. The predicted molar refractivity (Wildman–Crippen MR) is 78.1 cm³/mol. The quantitative estimate of drug-likeness (QED) is 0.725. The molecule has 0 N–H and O–H groups in total. The normalized spacial score (nSPS) is 23.1. The van der Waals surface area contributed by atoms with Crippen molar-refractivity contribution in [1.29, 1.82) is 0 Å². The summed E-state index contributed by atoms with van der Waals surface area (Å²) >= 11 is 0. The first-order valence-electron chi connectivity index (χ1n) is 6.83. The van der Waals surface area contributed by atoms with Gasteiger partial charge in [-0.25, -0.2) is 0 Å². The second-order valence-electron chi connectivity index (χ2n) is 5.98. The molecule has 1 fully saturated rings. The lowest BCUT2D eigenvalue weighted by atomic mass is 9.94. The number of hydrogen-bond acceptors (Lipinski definition) is 2. The fourth-order valence-corrected chi connectivity index (χ4v) is 3.01. The van der Waals surface area contributed by atoms with Gasteiger partial charge in [0.05, 0.1) is 0 Å². The Balaban J connectivity index is 1.98. The third-order valence-corrected chi connectivity index (χ3v) is 4.03. The van der Waals surface area contributed by atoms with Gasteiger partial charge in [0.1, 0.15) is 0 Å². The predicted octanol–water partition coefficient (Wildman–Crippen LogP) is 3.38. The van der Waals surface area contributed by atoms with Gasteiger partial charge in [-0.3, -0.25) is 4.90 Å². The molecule has 1 aromatic carbocycles. The van der Waals surface area contributed by atoms with E-state index in [9.17, 15) is 0 Å². The van der Waals surface area contributed by atoms with Crippen LogP contribution in [0.25, 0.3) is 0 Å². The lowest BCUT2D eigenvalue weighted by molar-refractivity contribution is 0.166. The van der Waals surface area contributed by atoms with Gasteiger partial charge in [0, 0.05) is 25.2 Å². The van der Waals surface area contributed by atoms with Crippen molar-refractivity contribution < 1.29 is 0 Å². The van der Waals surface area contributed by atoms with Crippen molar-refractivity contribution in [1.82, 2.24) is 4.90 Å². The standard InChI is InChI=1S/C16H24N2/c1-16(2)11-15(9-10-17-3)13-18(16)12-14-7-5-4-6-8-14/h4-8,15H,3,9-13H2,1-2H3. The van der Waals surface area contributed by atoms with Crippen LogP contribution in [-0.4, -0.2) is 30.2 Å². The molecule has 18 heavy (non-hydrogen) atoms. The van der Waals surface area contributed by atoms with Crippen LogP contribution in [0, 0.1) is 5.92 Å². The molecule has 0 bridgehead atoms. The first kappa shape index (κ1) is 13.3. The number of nitrogens with zero attached hydrogens (tertiary/aromatic N) is 2. The molecule has 2 rings (SSSR count). The number of likely N-dealkylation sites (tertiary alicyclic amines) is 1. The number of rotatable bonds is 5. The van der Waals surface area contributed by atoms with Crippen LogP contribution in [0.5, 0.6) is 0 Å². The highest BCUT2D eigenvalue weighted by atomic mass is 15.2. The van der Waals surface area contributed by atoms with Crippen molar-refractivity contribution in [2.75, 3.05) is 13.1 Å². The maximum absolute atomic E-state index is 3.99. The van der Waals surface area contributed by atoms with E-state index in [1.54, 1.807) is 0 Å². The van der Waals surface area contributed by atoms with E-state index >= 15 is 0 Å². The van der Waals surface area contributed by atoms with Crippen LogP contribution in [0.3, 0.4) is 0 Å². The highest BCUT2D eigenvalue weighted by Crippen LogP contribution is 2.35. The molecule has 0 radical (unpaired) electrons. The van der Waals surface area contributed by atoms with Crippen LogP contribution in [0.4, 0.5) is 0 Å². The molecule has 1 saturated heterocycles. The van der Waals surface area contributed by atoms with Crippen LogP contribution in [0.2, 0.25) is 0 Å². The Labute approximate surface area is 111 Å². The largest absolute Gasteiger partial charge is 0.301 e. The number of aliphatic imine (C=N–C) groups is 1. The van der Waals surface area contributed by atoms with Gasteiger partial charge >= 0.3 is 0 Å². The van der Waals surface area contributed by atoms with Gasteiger partial charge in [0.15, 0.2) is 0 Å². The zero-order valence-corrected chi connectivity index (χ0v) is 11.6. The maximum Gasteiger partial charge on any atom is 0.0385 e. The van der Waals surface area contributed by atoms with E-state index in [4.69, 9.17) is 0 Å². The van der Waals surface area contributed by atoms with Gasteiger partial charge in [0.25, 0.3) is 0 Å². The Morgan fingerprint density at radius 1 is 1.33 bits per heavy atom. The average molecular weight is 244 g/mol. The third-order valence-electron chi connectivity index (χ3n) is 4.03. The fourth-order valence-electron chi connectivity index (χ4n) is 3.01. The molecule has 0 amide bonds. The fraction of sp³-hybridized carbons (Fsp3) is 0.562. The summed E-state index contributed by atoms with van der Waals surface area (Å²) in [5.41, 5.74) is 1.72. The van der Waals surface area contributed by atoms with Crippen molar-refractivity contribution in [2.45, 2.75) is 38.8 Å². The van der Waals surface area contributed by atoms with Gasteiger partial charge in [-0.1, -0.05) is 30.3 Å². The minimum absolute atomic E-state index is 0.307. The summed E-state index contributed by atoms with van der Waals surface area (Å²) in [6.07, 6.45) is 2.45. The van der Waals surface area contributed by atoms with Gasteiger partial charge < -0.3 is 4.99 Å². The SMILES string of the molecule is C=NCCC1CN(Cc2ccccc2)C(C)(C)C1. The van der Waals surface area contributed by atoms with Gasteiger partial charge in [-0.2, -0.15) is 0 Å². The summed E-state index contributed by atoms with van der Waals surface area (Å²) in [6.45, 7) is 11.5. The molecule has 1 aliphatic rings. The molecule has 1 atom stereocenters. The summed E-state index contributed by atoms with van der Waals surface area (Å²) in [5, 5.41) is 0. The summed E-state index contributed by atoms with van der Waals surface area (Å²) in [7, 11) is 0. The average Bonchev–Trinajstić information content (AvgIpc) is 2.63.